The zero-order chi connectivity index (χ0) is 16.7. The lowest BCUT2D eigenvalue weighted by atomic mass is 9.98. The van der Waals surface area contributed by atoms with E-state index in [2.05, 4.69) is 10.0 Å². The van der Waals surface area contributed by atoms with Crippen LogP contribution in [0.15, 0.2) is 5.11 Å². The second-order valence-corrected chi connectivity index (χ2v) is 4.59. The first-order chi connectivity index (χ1) is 10.3. The van der Waals surface area contributed by atoms with Gasteiger partial charge in [0, 0.05) is 25.7 Å². The molecule has 0 radical (unpaired) electrons. The third kappa shape index (κ3) is 5.23. The predicted molar refractivity (Wildman–Crippen MR) is 70.4 cm³/mol. The van der Waals surface area contributed by atoms with E-state index in [1.807, 2.05) is 0 Å². The van der Waals surface area contributed by atoms with Crippen molar-refractivity contribution in [2.75, 3.05) is 13.2 Å². The average molecular weight is 315 g/mol. The van der Waals surface area contributed by atoms with Gasteiger partial charge in [-0.3, -0.25) is 14.4 Å². The van der Waals surface area contributed by atoms with Gasteiger partial charge in [-0.1, -0.05) is 5.11 Å². The number of hydrogen-bond acceptors (Lipinski definition) is 8. The van der Waals surface area contributed by atoms with Crippen LogP contribution in [0, 0.1) is 0 Å². The zero-order valence-corrected chi connectivity index (χ0v) is 12.4. The SMILES string of the molecule is CC(=O)OC[C@H]1OCC(N=[N+]=[N-])C(OC(C)=O)C1OC(C)=O. The van der Waals surface area contributed by atoms with E-state index in [-0.39, 0.29) is 13.2 Å². The Morgan fingerprint density at radius 2 is 1.73 bits per heavy atom. The molecule has 0 spiro atoms. The maximum atomic E-state index is 11.3. The van der Waals surface area contributed by atoms with Gasteiger partial charge in [-0.2, -0.15) is 0 Å². The molecule has 1 aliphatic heterocycles. The minimum atomic E-state index is -1.05. The molecule has 10 nitrogen and oxygen atoms in total. The maximum absolute atomic E-state index is 11.3. The molecule has 0 aromatic rings. The molecule has 3 unspecified atom stereocenters. The Hall–Kier alpha value is -2.32. The highest BCUT2D eigenvalue weighted by atomic mass is 16.6. The maximum Gasteiger partial charge on any atom is 0.303 e. The van der Waals surface area contributed by atoms with Crippen LogP contribution in [0.4, 0.5) is 0 Å². The van der Waals surface area contributed by atoms with Crippen molar-refractivity contribution in [1.29, 1.82) is 0 Å². The number of carbonyl (C=O) groups excluding carboxylic acids is 3. The number of hydrogen-bond donors (Lipinski definition) is 0. The molecule has 0 N–H and O–H groups in total. The quantitative estimate of drug-likeness (QED) is 0.236. The molecule has 0 saturated carbocycles. The van der Waals surface area contributed by atoms with Crippen molar-refractivity contribution in [1.82, 2.24) is 0 Å². The number of ether oxygens (including phenoxy) is 4. The first kappa shape index (κ1) is 17.7. The van der Waals surface area contributed by atoms with Crippen molar-refractivity contribution in [3.05, 3.63) is 10.4 Å². The summed E-state index contributed by atoms with van der Waals surface area (Å²) in [5.74, 6) is -1.81. The molecule has 4 atom stereocenters. The van der Waals surface area contributed by atoms with Crippen molar-refractivity contribution in [2.45, 2.75) is 45.1 Å². The molecule has 1 rings (SSSR count). The highest BCUT2D eigenvalue weighted by Crippen LogP contribution is 2.24. The fourth-order valence-electron chi connectivity index (χ4n) is 2.02. The standard InChI is InChI=1S/C12H17N3O7/c1-6(16)19-5-10-12(22-8(3)18)11(21-7(2)17)9(4-20-10)14-15-13/h9-12H,4-5H2,1-3H3/t9?,10-,11?,12?/m1/s1. The van der Waals surface area contributed by atoms with Crippen LogP contribution in [0.5, 0.6) is 0 Å². The normalized spacial score (nSPS) is 27.2. The molecule has 1 heterocycles. The number of azide groups is 1. The molecule has 1 fully saturated rings. The second-order valence-electron chi connectivity index (χ2n) is 4.59. The zero-order valence-electron chi connectivity index (χ0n) is 12.4. The van der Waals surface area contributed by atoms with Crippen LogP contribution in [-0.4, -0.2) is 55.5 Å². The van der Waals surface area contributed by atoms with E-state index in [1.165, 1.54) is 20.8 Å². The molecule has 0 amide bonds. The molecule has 0 aromatic carbocycles. The Morgan fingerprint density at radius 1 is 1.14 bits per heavy atom. The average Bonchev–Trinajstić information content (AvgIpc) is 2.40. The number of carbonyl (C=O) groups is 3. The highest BCUT2D eigenvalue weighted by Gasteiger charge is 2.45. The molecule has 0 bridgehead atoms. The topological polar surface area (TPSA) is 137 Å². The van der Waals surface area contributed by atoms with Crippen molar-refractivity contribution >= 4 is 17.9 Å². The summed E-state index contributed by atoms with van der Waals surface area (Å²) in [7, 11) is 0. The summed E-state index contributed by atoms with van der Waals surface area (Å²) in [6.07, 6.45) is -2.90. The van der Waals surface area contributed by atoms with Gasteiger partial charge in [0.15, 0.2) is 12.2 Å². The Balaban J connectivity index is 2.99. The van der Waals surface area contributed by atoms with Gasteiger partial charge >= 0.3 is 17.9 Å². The summed E-state index contributed by atoms with van der Waals surface area (Å²) in [6.45, 7) is 3.31. The summed E-state index contributed by atoms with van der Waals surface area (Å²) in [5.41, 5.74) is 8.57. The monoisotopic (exact) mass is 315 g/mol. The van der Waals surface area contributed by atoms with Crippen molar-refractivity contribution < 1.29 is 33.3 Å². The number of rotatable bonds is 5. The molecular formula is C12H17N3O7. The minimum absolute atomic E-state index is 0.0638. The molecule has 10 heteroatoms. The van der Waals surface area contributed by atoms with Gasteiger partial charge < -0.3 is 18.9 Å². The summed E-state index contributed by atoms with van der Waals surface area (Å²) in [5, 5.41) is 3.48. The minimum Gasteiger partial charge on any atom is -0.463 e. The third-order valence-electron chi connectivity index (χ3n) is 2.81. The summed E-state index contributed by atoms with van der Waals surface area (Å²) in [4.78, 5) is 36.1. The molecule has 122 valence electrons. The van der Waals surface area contributed by atoms with E-state index < -0.39 is 42.3 Å². The van der Waals surface area contributed by atoms with Crippen molar-refractivity contribution in [2.24, 2.45) is 5.11 Å². The number of nitrogens with zero attached hydrogens (tertiary/aromatic N) is 3. The van der Waals surface area contributed by atoms with Gasteiger partial charge in [0.2, 0.25) is 0 Å². The van der Waals surface area contributed by atoms with Gasteiger partial charge in [-0.25, -0.2) is 0 Å². The van der Waals surface area contributed by atoms with Crippen LogP contribution in [0.2, 0.25) is 0 Å². The fraction of sp³-hybridized carbons (Fsp3) is 0.750. The number of esters is 3. The van der Waals surface area contributed by atoms with Crippen molar-refractivity contribution in [3.8, 4) is 0 Å². The highest BCUT2D eigenvalue weighted by molar-refractivity contribution is 5.67. The van der Waals surface area contributed by atoms with Crippen LogP contribution in [-0.2, 0) is 33.3 Å². The van der Waals surface area contributed by atoms with Gasteiger partial charge in [0.25, 0.3) is 0 Å². The first-order valence-corrected chi connectivity index (χ1v) is 6.48. The van der Waals surface area contributed by atoms with Crippen LogP contribution in [0.25, 0.3) is 10.4 Å². The Labute approximate surface area is 126 Å². The van der Waals surface area contributed by atoms with Crippen LogP contribution in [0.3, 0.4) is 0 Å². The van der Waals surface area contributed by atoms with Gasteiger partial charge in [0.1, 0.15) is 18.8 Å². The lowest BCUT2D eigenvalue weighted by molar-refractivity contribution is -0.204. The van der Waals surface area contributed by atoms with Crippen LogP contribution in [0.1, 0.15) is 20.8 Å². The van der Waals surface area contributed by atoms with E-state index >= 15 is 0 Å². The fourth-order valence-corrected chi connectivity index (χ4v) is 2.02. The lowest BCUT2D eigenvalue weighted by Gasteiger charge is -2.39. The summed E-state index contributed by atoms with van der Waals surface area (Å²) >= 11 is 0. The van der Waals surface area contributed by atoms with Crippen molar-refractivity contribution in [3.63, 3.8) is 0 Å². The first-order valence-electron chi connectivity index (χ1n) is 6.48. The van der Waals surface area contributed by atoms with E-state index in [4.69, 9.17) is 24.5 Å². The summed E-state index contributed by atoms with van der Waals surface area (Å²) in [6, 6.07) is -0.855. The van der Waals surface area contributed by atoms with Gasteiger partial charge in [-0.15, -0.1) is 0 Å². The molecular weight excluding hydrogens is 298 g/mol. The molecule has 22 heavy (non-hydrogen) atoms. The van der Waals surface area contributed by atoms with E-state index in [1.54, 1.807) is 0 Å². The van der Waals surface area contributed by atoms with E-state index in [0.29, 0.717) is 0 Å². The van der Waals surface area contributed by atoms with E-state index in [9.17, 15) is 14.4 Å². The van der Waals surface area contributed by atoms with Crippen LogP contribution < -0.4 is 0 Å². The van der Waals surface area contributed by atoms with E-state index in [0.717, 1.165) is 0 Å². The Kier molecular flexibility index (Phi) is 6.61. The van der Waals surface area contributed by atoms with Crippen LogP contribution >= 0.6 is 0 Å². The largest absolute Gasteiger partial charge is 0.463 e. The molecule has 1 aliphatic rings. The van der Waals surface area contributed by atoms with Gasteiger partial charge in [-0.05, 0) is 5.53 Å². The molecule has 1 saturated heterocycles. The van der Waals surface area contributed by atoms with Gasteiger partial charge in [0.05, 0.1) is 6.61 Å². The second kappa shape index (κ2) is 8.20. The molecule has 0 aromatic heterocycles. The summed E-state index contributed by atoms with van der Waals surface area (Å²) < 4.78 is 20.5. The Bertz CT molecular complexity index is 489. The smallest absolute Gasteiger partial charge is 0.303 e. The lowest BCUT2D eigenvalue weighted by Crippen LogP contribution is -2.57. The predicted octanol–water partition coefficient (Wildman–Crippen LogP) is 0.491. The Morgan fingerprint density at radius 3 is 2.23 bits per heavy atom. The third-order valence-corrected chi connectivity index (χ3v) is 2.81. The molecule has 0 aliphatic carbocycles.